The molecule has 0 fully saturated rings. The van der Waals surface area contributed by atoms with Crippen LogP contribution in [0.2, 0.25) is 0 Å². The molecule has 0 amide bonds. The van der Waals surface area contributed by atoms with Crippen molar-refractivity contribution >= 4 is 5.71 Å². The largest absolute Gasteiger partial charge is 0.295 e. The van der Waals surface area contributed by atoms with Gasteiger partial charge in [0.05, 0.1) is 11.3 Å². The minimum Gasteiger partial charge on any atom is -0.295 e. The van der Waals surface area contributed by atoms with E-state index in [0.717, 1.165) is 42.0 Å². The number of rotatable bonds is 2. The number of benzene rings is 1. The zero-order valence-corrected chi connectivity index (χ0v) is 10.3. The van der Waals surface area contributed by atoms with Crippen LogP contribution in [0.15, 0.2) is 40.1 Å². The number of aryl methyl sites for hydroxylation is 1. The molecule has 0 aliphatic carbocycles. The number of aromatic nitrogens is 2. The van der Waals surface area contributed by atoms with E-state index in [2.05, 4.69) is 10.1 Å². The van der Waals surface area contributed by atoms with E-state index in [1.54, 1.807) is 4.68 Å². The van der Waals surface area contributed by atoms with Gasteiger partial charge >= 0.3 is 0 Å². The Morgan fingerprint density at radius 2 is 2.06 bits per heavy atom. The van der Waals surface area contributed by atoms with Gasteiger partial charge in [0.2, 0.25) is 0 Å². The Labute approximate surface area is 105 Å². The first-order valence-corrected chi connectivity index (χ1v) is 6.18. The summed E-state index contributed by atoms with van der Waals surface area (Å²) in [7, 11) is 0. The van der Waals surface area contributed by atoms with Crippen molar-refractivity contribution in [2.45, 2.75) is 19.8 Å². The minimum atomic E-state index is -0.000602. The Morgan fingerprint density at radius 1 is 1.28 bits per heavy atom. The maximum Gasteiger partial charge on any atom is 0.280 e. The number of hydrogen-bond acceptors (Lipinski definition) is 2. The molecule has 92 valence electrons. The zero-order valence-electron chi connectivity index (χ0n) is 10.3. The summed E-state index contributed by atoms with van der Waals surface area (Å²) in [6.07, 6.45) is 1.95. The summed E-state index contributed by atoms with van der Waals surface area (Å²) in [6, 6.07) is 9.61. The molecule has 1 aliphatic rings. The highest BCUT2D eigenvalue weighted by Gasteiger charge is 2.19. The van der Waals surface area contributed by atoms with Crippen molar-refractivity contribution in [3.05, 3.63) is 51.9 Å². The number of para-hydroxylation sites is 1. The predicted molar refractivity (Wildman–Crippen MR) is 71.8 cm³/mol. The van der Waals surface area contributed by atoms with Gasteiger partial charge in [-0.05, 0) is 31.9 Å². The molecular weight excluding hydrogens is 226 g/mol. The number of nitrogens with zero attached hydrogens (tertiary/aromatic N) is 2. The van der Waals surface area contributed by atoms with Crippen molar-refractivity contribution in [1.82, 2.24) is 9.78 Å². The molecule has 0 spiro atoms. The van der Waals surface area contributed by atoms with Crippen molar-refractivity contribution < 1.29 is 0 Å². The molecule has 1 N–H and O–H groups in total. The molecule has 1 aromatic heterocycles. The summed E-state index contributed by atoms with van der Waals surface area (Å²) < 4.78 is 1.59. The second-order valence-electron chi connectivity index (χ2n) is 4.52. The van der Waals surface area contributed by atoms with Crippen LogP contribution in [0.5, 0.6) is 0 Å². The SMILES string of the molecule is Cc1[nH]n(-c2ccccc2)c(=O)c1C1=NCCC1. The predicted octanol–water partition coefficient (Wildman–Crippen LogP) is 2.06. The Bertz CT molecular complexity index is 649. The van der Waals surface area contributed by atoms with Crippen molar-refractivity contribution in [2.24, 2.45) is 4.99 Å². The smallest absolute Gasteiger partial charge is 0.280 e. The van der Waals surface area contributed by atoms with E-state index in [1.165, 1.54) is 0 Å². The zero-order chi connectivity index (χ0) is 12.5. The number of hydrogen-bond donors (Lipinski definition) is 1. The first-order chi connectivity index (χ1) is 8.77. The first kappa shape index (κ1) is 11.0. The Kier molecular flexibility index (Phi) is 2.63. The van der Waals surface area contributed by atoms with Gasteiger partial charge in [0.15, 0.2) is 0 Å². The lowest BCUT2D eigenvalue weighted by atomic mass is 10.1. The van der Waals surface area contributed by atoms with Gasteiger partial charge in [0, 0.05) is 18.0 Å². The second-order valence-corrected chi connectivity index (χ2v) is 4.52. The lowest BCUT2D eigenvalue weighted by Crippen LogP contribution is -2.19. The van der Waals surface area contributed by atoms with Crippen LogP contribution in [0.3, 0.4) is 0 Å². The lowest BCUT2D eigenvalue weighted by molar-refractivity contribution is 0.835. The highest BCUT2D eigenvalue weighted by molar-refractivity contribution is 6.02. The van der Waals surface area contributed by atoms with E-state index in [9.17, 15) is 4.79 Å². The van der Waals surface area contributed by atoms with E-state index in [-0.39, 0.29) is 5.56 Å². The normalized spacial score (nSPS) is 14.8. The Morgan fingerprint density at radius 3 is 2.72 bits per heavy atom. The topological polar surface area (TPSA) is 50.1 Å². The van der Waals surface area contributed by atoms with Crippen molar-refractivity contribution in [3.8, 4) is 5.69 Å². The Balaban J connectivity index is 2.15. The average Bonchev–Trinajstić information content (AvgIpc) is 2.99. The van der Waals surface area contributed by atoms with Gasteiger partial charge in [-0.1, -0.05) is 18.2 Å². The molecule has 18 heavy (non-hydrogen) atoms. The molecule has 4 nitrogen and oxygen atoms in total. The molecule has 4 heteroatoms. The van der Waals surface area contributed by atoms with Crippen molar-refractivity contribution in [2.75, 3.05) is 6.54 Å². The minimum absolute atomic E-state index is 0.000602. The Hall–Kier alpha value is -2.10. The van der Waals surface area contributed by atoms with Gasteiger partial charge in [-0.2, -0.15) is 0 Å². The summed E-state index contributed by atoms with van der Waals surface area (Å²) in [6.45, 7) is 2.77. The second kappa shape index (κ2) is 4.29. The average molecular weight is 241 g/mol. The van der Waals surface area contributed by atoms with Crippen LogP contribution in [0.1, 0.15) is 24.1 Å². The highest BCUT2D eigenvalue weighted by Crippen LogP contribution is 2.14. The molecule has 0 radical (unpaired) electrons. The quantitative estimate of drug-likeness (QED) is 0.859. The van der Waals surface area contributed by atoms with Gasteiger partial charge in [-0.15, -0.1) is 0 Å². The van der Waals surface area contributed by atoms with Crippen LogP contribution >= 0.6 is 0 Å². The maximum absolute atomic E-state index is 12.4. The third-order valence-electron chi connectivity index (χ3n) is 3.25. The third kappa shape index (κ3) is 1.70. The highest BCUT2D eigenvalue weighted by atomic mass is 16.1. The first-order valence-electron chi connectivity index (χ1n) is 6.18. The molecule has 0 bridgehead atoms. The van der Waals surface area contributed by atoms with Crippen LogP contribution in [-0.2, 0) is 0 Å². The molecule has 1 aromatic carbocycles. The van der Waals surface area contributed by atoms with Crippen molar-refractivity contribution in [1.29, 1.82) is 0 Å². The molecule has 2 heterocycles. The molecule has 0 saturated heterocycles. The summed E-state index contributed by atoms with van der Waals surface area (Å²) in [5, 5.41) is 3.13. The molecular formula is C14H15N3O. The molecule has 1 aliphatic heterocycles. The fourth-order valence-electron chi connectivity index (χ4n) is 2.39. The molecule has 2 aromatic rings. The fourth-order valence-corrected chi connectivity index (χ4v) is 2.39. The van der Waals surface area contributed by atoms with Crippen molar-refractivity contribution in [3.63, 3.8) is 0 Å². The monoisotopic (exact) mass is 241 g/mol. The van der Waals surface area contributed by atoms with Crippen LogP contribution in [0, 0.1) is 6.92 Å². The number of aliphatic imine (C=N–C) groups is 1. The van der Waals surface area contributed by atoms with Crippen LogP contribution < -0.4 is 5.56 Å². The van der Waals surface area contributed by atoms with E-state index in [0.29, 0.717) is 0 Å². The number of nitrogens with one attached hydrogen (secondary N) is 1. The van der Waals surface area contributed by atoms with E-state index in [1.807, 2.05) is 37.3 Å². The van der Waals surface area contributed by atoms with Crippen LogP contribution in [0.25, 0.3) is 5.69 Å². The van der Waals surface area contributed by atoms with Crippen LogP contribution in [-0.4, -0.2) is 22.0 Å². The molecule has 0 saturated carbocycles. The number of H-pyrrole nitrogens is 1. The van der Waals surface area contributed by atoms with E-state index >= 15 is 0 Å². The van der Waals surface area contributed by atoms with Gasteiger partial charge in [0.25, 0.3) is 5.56 Å². The fraction of sp³-hybridized carbons (Fsp3) is 0.286. The van der Waals surface area contributed by atoms with Gasteiger partial charge in [0.1, 0.15) is 0 Å². The summed E-state index contributed by atoms with van der Waals surface area (Å²) in [5.74, 6) is 0. The maximum atomic E-state index is 12.4. The lowest BCUT2D eigenvalue weighted by Gasteiger charge is -1.99. The molecule has 0 unspecified atom stereocenters. The summed E-state index contributed by atoms with van der Waals surface area (Å²) in [5.41, 5.74) is 3.44. The summed E-state index contributed by atoms with van der Waals surface area (Å²) in [4.78, 5) is 16.8. The number of aromatic amines is 1. The molecule has 3 rings (SSSR count). The summed E-state index contributed by atoms with van der Waals surface area (Å²) >= 11 is 0. The van der Waals surface area contributed by atoms with E-state index in [4.69, 9.17) is 0 Å². The van der Waals surface area contributed by atoms with Gasteiger partial charge in [-0.3, -0.25) is 14.9 Å². The third-order valence-corrected chi connectivity index (χ3v) is 3.25. The molecule has 0 atom stereocenters. The van der Waals surface area contributed by atoms with Gasteiger partial charge < -0.3 is 0 Å². The van der Waals surface area contributed by atoms with Crippen LogP contribution in [0.4, 0.5) is 0 Å². The standard InChI is InChI=1S/C14H15N3O/c1-10-13(12-8-5-9-15-12)14(18)17(16-10)11-6-3-2-4-7-11/h2-4,6-7,16H,5,8-9H2,1H3. The van der Waals surface area contributed by atoms with E-state index < -0.39 is 0 Å². The van der Waals surface area contributed by atoms with Gasteiger partial charge in [-0.25, -0.2) is 4.68 Å².